The normalized spacial score (nSPS) is 16.2. The predicted octanol–water partition coefficient (Wildman–Crippen LogP) is 5.27. The summed E-state index contributed by atoms with van der Waals surface area (Å²) in [5.74, 6) is 1.13. The van der Waals surface area contributed by atoms with Crippen LogP contribution in [0.1, 0.15) is 39.7 Å². The molecule has 0 N–H and O–H groups in total. The lowest BCUT2D eigenvalue weighted by atomic mass is 10.0. The molecule has 0 unspecified atom stereocenters. The fraction of sp³-hybridized carbons (Fsp3) is 0.533. The Hall–Kier alpha value is -0.480. The summed E-state index contributed by atoms with van der Waals surface area (Å²) in [6.07, 6.45) is 4.53. The molecular weight excluding hydrogens is 320 g/mol. The molecule has 2 aromatic rings. The van der Waals surface area contributed by atoms with Crippen molar-refractivity contribution in [1.82, 2.24) is 9.78 Å². The average molecular weight is 339 g/mol. The molecule has 1 saturated carbocycles. The zero-order valence-corrected chi connectivity index (χ0v) is 14.0. The van der Waals surface area contributed by atoms with Crippen LogP contribution >= 0.6 is 27.7 Å². The molecule has 1 aromatic carbocycles. The van der Waals surface area contributed by atoms with E-state index in [-0.39, 0.29) is 0 Å². The van der Waals surface area contributed by atoms with Crippen LogP contribution in [0.3, 0.4) is 0 Å². The van der Waals surface area contributed by atoms with Gasteiger partial charge in [0.05, 0.1) is 17.8 Å². The Morgan fingerprint density at radius 2 is 2.11 bits per heavy atom. The van der Waals surface area contributed by atoms with Gasteiger partial charge in [0.15, 0.2) is 0 Å². The molecule has 19 heavy (non-hydrogen) atoms. The van der Waals surface area contributed by atoms with Gasteiger partial charge in [0.25, 0.3) is 0 Å². The quantitative estimate of drug-likeness (QED) is 0.709. The van der Waals surface area contributed by atoms with E-state index < -0.39 is 0 Å². The van der Waals surface area contributed by atoms with Crippen molar-refractivity contribution in [3.05, 3.63) is 22.8 Å². The van der Waals surface area contributed by atoms with Crippen LogP contribution < -0.4 is 0 Å². The highest BCUT2D eigenvalue weighted by atomic mass is 79.9. The van der Waals surface area contributed by atoms with Crippen LogP contribution in [-0.2, 0) is 0 Å². The summed E-state index contributed by atoms with van der Waals surface area (Å²) in [5, 5.41) is 5.79. The third-order valence-corrected chi connectivity index (χ3v) is 5.37. The molecule has 0 atom stereocenters. The number of benzene rings is 1. The zero-order valence-electron chi connectivity index (χ0n) is 11.6. The van der Waals surface area contributed by atoms with E-state index in [4.69, 9.17) is 0 Å². The molecular formula is C15H19BrN2S. The molecule has 0 bridgehead atoms. The highest BCUT2D eigenvalue weighted by molar-refractivity contribution is 9.10. The first-order chi connectivity index (χ1) is 8.94. The maximum atomic E-state index is 4.55. The van der Waals surface area contributed by atoms with Crippen LogP contribution in [0.15, 0.2) is 27.7 Å². The van der Waals surface area contributed by atoms with Crippen molar-refractivity contribution in [2.24, 2.45) is 5.41 Å². The van der Waals surface area contributed by atoms with Gasteiger partial charge in [-0.15, -0.1) is 11.8 Å². The van der Waals surface area contributed by atoms with E-state index in [0.717, 1.165) is 5.75 Å². The number of hydrogen-bond donors (Lipinski definition) is 0. The lowest BCUT2D eigenvalue weighted by molar-refractivity contribution is 0.481. The molecule has 3 rings (SSSR count). The molecule has 1 fully saturated rings. The second-order valence-electron chi connectivity index (χ2n) is 6.51. The number of nitrogens with zero attached hydrogens (tertiary/aromatic N) is 2. The molecule has 1 aliphatic carbocycles. The van der Waals surface area contributed by atoms with E-state index in [2.05, 4.69) is 58.6 Å². The minimum Gasteiger partial charge on any atom is -0.261 e. The van der Waals surface area contributed by atoms with E-state index in [1.807, 2.05) is 18.0 Å². The molecule has 2 nitrogen and oxygen atoms in total. The van der Waals surface area contributed by atoms with Crippen LogP contribution in [0.5, 0.6) is 0 Å². The van der Waals surface area contributed by atoms with E-state index in [1.54, 1.807) is 0 Å². The maximum absolute atomic E-state index is 4.55. The fourth-order valence-electron chi connectivity index (χ4n) is 2.10. The van der Waals surface area contributed by atoms with Gasteiger partial charge in [-0.1, -0.05) is 20.8 Å². The van der Waals surface area contributed by atoms with Gasteiger partial charge in [-0.25, -0.2) is 0 Å². The van der Waals surface area contributed by atoms with Gasteiger partial charge in [0, 0.05) is 20.5 Å². The predicted molar refractivity (Wildman–Crippen MR) is 85.9 cm³/mol. The van der Waals surface area contributed by atoms with Crippen molar-refractivity contribution in [3.8, 4) is 0 Å². The highest BCUT2D eigenvalue weighted by Gasteiger charge is 2.26. The summed E-state index contributed by atoms with van der Waals surface area (Å²) in [6.45, 7) is 6.83. The number of hydrogen-bond acceptors (Lipinski definition) is 2. The van der Waals surface area contributed by atoms with Crippen molar-refractivity contribution in [1.29, 1.82) is 0 Å². The van der Waals surface area contributed by atoms with Gasteiger partial charge < -0.3 is 0 Å². The fourth-order valence-corrected chi connectivity index (χ4v) is 3.92. The number of halogens is 1. The summed E-state index contributed by atoms with van der Waals surface area (Å²) in [7, 11) is 0. The average Bonchev–Trinajstić information content (AvgIpc) is 3.06. The molecule has 0 saturated heterocycles. The first kappa shape index (κ1) is 13.5. The summed E-state index contributed by atoms with van der Waals surface area (Å²) in [6, 6.07) is 5.13. The Balaban J connectivity index is 1.92. The van der Waals surface area contributed by atoms with Crippen molar-refractivity contribution in [2.45, 2.75) is 44.6 Å². The van der Waals surface area contributed by atoms with Gasteiger partial charge in [0.2, 0.25) is 0 Å². The van der Waals surface area contributed by atoms with Crippen LogP contribution in [0, 0.1) is 5.41 Å². The van der Waals surface area contributed by atoms with E-state index in [9.17, 15) is 0 Å². The standard InChI is InChI=1S/C15H19BrN2S/c1-15(2,3)9-19-12-6-10-8-17-18(11-4-5-11)14(10)13(16)7-12/h6-8,11H,4-5,9H2,1-3H3. The first-order valence-electron chi connectivity index (χ1n) is 6.74. The zero-order chi connectivity index (χ0) is 13.6. The summed E-state index contributed by atoms with van der Waals surface area (Å²) < 4.78 is 3.35. The Kier molecular flexibility index (Phi) is 3.42. The SMILES string of the molecule is CC(C)(C)CSc1cc(Br)c2c(cnn2C2CC2)c1. The van der Waals surface area contributed by atoms with Gasteiger partial charge in [-0.05, 0) is 46.3 Å². The van der Waals surface area contributed by atoms with Crippen molar-refractivity contribution in [3.63, 3.8) is 0 Å². The maximum Gasteiger partial charge on any atom is 0.0828 e. The minimum atomic E-state index is 0.351. The lowest BCUT2D eigenvalue weighted by Crippen LogP contribution is -2.07. The third kappa shape index (κ3) is 3.00. The minimum absolute atomic E-state index is 0.351. The first-order valence-corrected chi connectivity index (χ1v) is 8.51. The summed E-state index contributed by atoms with van der Waals surface area (Å²) in [5.41, 5.74) is 1.60. The number of thioether (sulfide) groups is 1. The Morgan fingerprint density at radius 1 is 1.37 bits per heavy atom. The molecule has 0 radical (unpaired) electrons. The molecule has 1 aliphatic rings. The number of rotatable bonds is 3. The van der Waals surface area contributed by atoms with Crippen molar-refractivity contribution < 1.29 is 0 Å². The van der Waals surface area contributed by atoms with Crippen LogP contribution in [0.4, 0.5) is 0 Å². The molecule has 102 valence electrons. The Morgan fingerprint density at radius 3 is 2.74 bits per heavy atom. The second kappa shape index (κ2) is 4.81. The van der Waals surface area contributed by atoms with Crippen LogP contribution in [0.25, 0.3) is 10.9 Å². The number of aromatic nitrogens is 2. The molecule has 1 heterocycles. The lowest BCUT2D eigenvalue weighted by Gasteiger charge is -2.17. The molecule has 0 spiro atoms. The summed E-state index contributed by atoms with van der Waals surface area (Å²) in [4.78, 5) is 1.32. The van der Waals surface area contributed by atoms with Gasteiger partial charge in [-0.2, -0.15) is 5.10 Å². The molecule has 0 amide bonds. The highest BCUT2D eigenvalue weighted by Crippen LogP contribution is 2.40. The topological polar surface area (TPSA) is 17.8 Å². The van der Waals surface area contributed by atoms with Gasteiger partial charge in [0.1, 0.15) is 0 Å². The smallest absolute Gasteiger partial charge is 0.0828 e. The Labute approximate surface area is 127 Å². The van der Waals surface area contributed by atoms with Crippen molar-refractivity contribution >= 4 is 38.6 Å². The Bertz CT molecular complexity index is 608. The van der Waals surface area contributed by atoms with E-state index in [0.29, 0.717) is 11.5 Å². The van der Waals surface area contributed by atoms with Crippen molar-refractivity contribution in [2.75, 3.05) is 5.75 Å². The van der Waals surface area contributed by atoms with Crippen LogP contribution in [-0.4, -0.2) is 15.5 Å². The molecule has 1 aromatic heterocycles. The number of fused-ring (bicyclic) bond motifs is 1. The van der Waals surface area contributed by atoms with Crippen LogP contribution in [0.2, 0.25) is 0 Å². The summed E-state index contributed by atoms with van der Waals surface area (Å²) >= 11 is 5.64. The van der Waals surface area contributed by atoms with Gasteiger partial charge in [-0.3, -0.25) is 4.68 Å². The molecule has 4 heteroatoms. The second-order valence-corrected chi connectivity index (χ2v) is 8.42. The van der Waals surface area contributed by atoms with Gasteiger partial charge >= 0.3 is 0 Å². The third-order valence-electron chi connectivity index (χ3n) is 3.18. The molecule has 0 aliphatic heterocycles. The van der Waals surface area contributed by atoms with E-state index >= 15 is 0 Å². The largest absolute Gasteiger partial charge is 0.261 e. The van der Waals surface area contributed by atoms with E-state index in [1.165, 1.54) is 33.1 Å². The monoisotopic (exact) mass is 338 g/mol.